The van der Waals surface area contributed by atoms with E-state index in [2.05, 4.69) is 28.2 Å². The number of aromatic hydroxyl groups is 1. The van der Waals surface area contributed by atoms with Crippen LogP contribution in [0.4, 0.5) is 0 Å². The lowest BCUT2D eigenvalue weighted by Gasteiger charge is -2.58. The van der Waals surface area contributed by atoms with Crippen LogP contribution in [0.2, 0.25) is 0 Å². The van der Waals surface area contributed by atoms with E-state index in [0.717, 1.165) is 25.7 Å². The summed E-state index contributed by atoms with van der Waals surface area (Å²) in [6.45, 7) is 6.19. The zero-order chi connectivity index (χ0) is 22.6. The summed E-state index contributed by atoms with van der Waals surface area (Å²) in [4.78, 5) is 34.2. The van der Waals surface area contributed by atoms with Gasteiger partial charge in [-0.1, -0.05) is 29.8 Å². The number of carboxylic acids is 1. The second-order valence-electron chi connectivity index (χ2n) is 9.22. The van der Waals surface area contributed by atoms with Crippen molar-refractivity contribution in [2.24, 2.45) is 23.7 Å². The normalized spacial score (nSPS) is 40.6. The minimum absolute atomic E-state index is 0.0455. The molecule has 3 N–H and O–H groups in total. The summed E-state index contributed by atoms with van der Waals surface area (Å²) >= 11 is 3.09. The zero-order valence-electron chi connectivity index (χ0n) is 17.8. The molecule has 6 rings (SSSR count). The molecule has 5 aliphatic rings. The average Bonchev–Trinajstić information content (AvgIpc) is 2.92. The number of rotatable bonds is 1. The first kappa shape index (κ1) is 22.5. The summed E-state index contributed by atoms with van der Waals surface area (Å²) in [5, 5.41) is 20.6. The number of amides is 1. The standard InChI is InChI=1S/C15H23NO4.C7H5BrO3/c1-8-4-5-11-9(2)12(17)16-13-15(11)10(8)6-7-14(3,18-13)19-20-15;8-4-1-2-5(7(10)11)6(9)3-4/h8-11,13H,4-7H2,1-3H3,(H,16,17);1-3,9H,(H,10,11)/t8-,9-,10+,11+,13-,14-,15-;/m1./s1. The van der Waals surface area contributed by atoms with Crippen molar-refractivity contribution < 1.29 is 34.3 Å². The van der Waals surface area contributed by atoms with Gasteiger partial charge in [-0.15, -0.1) is 0 Å². The Labute approximate surface area is 189 Å². The Balaban J connectivity index is 0.000000180. The number of aromatic carboxylic acids is 1. The largest absolute Gasteiger partial charge is 0.507 e. The van der Waals surface area contributed by atoms with E-state index in [-0.39, 0.29) is 35.3 Å². The Hall–Kier alpha value is -1.68. The molecule has 2 bridgehead atoms. The number of hydrogen-bond acceptors (Lipinski definition) is 6. The van der Waals surface area contributed by atoms with Gasteiger partial charge in [0.25, 0.3) is 0 Å². The molecule has 9 heteroatoms. The van der Waals surface area contributed by atoms with E-state index in [1.54, 1.807) is 6.07 Å². The second-order valence-corrected chi connectivity index (χ2v) is 10.1. The third-order valence-electron chi connectivity index (χ3n) is 7.31. The average molecular weight is 498 g/mol. The van der Waals surface area contributed by atoms with E-state index in [9.17, 15) is 9.59 Å². The third kappa shape index (κ3) is 3.75. The molecule has 1 aromatic carbocycles. The fourth-order valence-electron chi connectivity index (χ4n) is 5.61. The van der Waals surface area contributed by atoms with Gasteiger partial charge in [-0.25, -0.2) is 14.6 Å². The molecule has 1 saturated carbocycles. The molecule has 170 valence electrons. The van der Waals surface area contributed by atoms with Crippen LogP contribution in [0, 0.1) is 23.7 Å². The van der Waals surface area contributed by atoms with E-state index < -0.39 is 17.4 Å². The SMILES string of the molecule is C[C@@H]1CC[C@H]2[C@@H](C)C(=O)N[C@@H]3O[C@@]4(C)CC[C@@H]1[C@]32OO4.O=C(O)c1ccc(Br)cc1O. The number of ether oxygens (including phenoxy) is 1. The van der Waals surface area contributed by atoms with Crippen LogP contribution in [0.1, 0.15) is 56.8 Å². The number of carboxylic acid groups (broad SMARTS) is 1. The van der Waals surface area contributed by atoms with Crippen molar-refractivity contribution in [2.75, 3.05) is 0 Å². The molecule has 4 saturated heterocycles. The Bertz CT molecular complexity index is 895. The van der Waals surface area contributed by atoms with Gasteiger partial charge in [0.2, 0.25) is 11.7 Å². The van der Waals surface area contributed by atoms with E-state index in [1.807, 2.05) is 13.8 Å². The molecule has 4 heterocycles. The first-order valence-corrected chi connectivity index (χ1v) is 11.4. The van der Waals surface area contributed by atoms with E-state index in [0.29, 0.717) is 16.3 Å². The van der Waals surface area contributed by atoms with Crippen molar-refractivity contribution in [2.45, 2.75) is 64.1 Å². The Morgan fingerprint density at radius 2 is 1.94 bits per heavy atom. The van der Waals surface area contributed by atoms with Crippen LogP contribution in [-0.2, 0) is 19.3 Å². The fraction of sp³-hybridized carbons (Fsp3) is 0.636. The number of carbonyl (C=O) groups is 2. The first-order chi connectivity index (χ1) is 14.6. The molecule has 1 aromatic rings. The molecule has 31 heavy (non-hydrogen) atoms. The molecule has 5 fully saturated rings. The van der Waals surface area contributed by atoms with Gasteiger partial charge >= 0.3 is 5.97 Å². The molecule has 8 nitrogen and oxygen atoms in total. The topological polar surface area (TPSA) is 114 Å². The van der Waals surface area contributed by atoms with Gasteiger partial charge in [0.1, 0.15) is 11.3 Å². The van der Waals surface area contributed by atoms with Crippen LogP contribution >= 0.6 is 15.9 Å². The molecule has 0 unspecified atom stereocenters. The number of piperidine rings is 1. The van der Waals surface area contributed by atoms with E-state index >= 15 is 0 Å². The number of halogens is 1. The summed E-state index contributed by atoms with van der Waals surface area (Å²) in [5.74, 6) is -0.908. The van der Waals surface area contributed by atoms with Crippen molar-refractivity contribution in [1.29, 1.82) is 0 Å². The molecule has 0 radical (unpaired) electrons. The molecule has 7 atom stereocenters. The van der Waals surface area contributed by atoms with Crippen LogP contribution in [0.3, 0.4) is 0 Å². The lowest BCUT2D eigenvalue weighted by Crippen LogP contribution is -2.74. The Kier molecular flexibility index (Phi) is 5.83. The molecule has 1 amide bonds. The van der Waals surface area contributed by atoms with Crippen molar-refractivity contribution >= 4 is 27.8 Å². The van der Waals surface area contributed by atoms with Crippen molar-refractivity contribution in [3.05, 3.63) is 28.2 Å². The first-order valence-electron chi connectivity index (χ1n) is 10.6. The maximum absolute atomic E-state index is 12.2. The van der Waals surface area contributed by atoms with Gasteiger partial charge in [0.15, 0.2) is 11.8 Å². The third-order valence-corrected chi connectivity index (χ3v) is 7.80. The van der Waals surface area contributed by atoms with Gasteiger partial charge in [-0.05, 0) is 56.2 Å². The van der Waals surface area contributed by atoms with Crippen LogP contribution in [0.5, 0.6) is 5.75 Å². The summed E-state index contributed by atoms with van der Waals surface area (Å²) < 4.78 is 6.77. The monoisotopic (exact) mass is 497 g/mol. The molecule has 1 spiro atoms. The molecular weight excluding hydrogens is 470 g/mol. The Morgan fingerprint density at radius 1 is 1.19 bits per heavy atom. The van der Waals surface area contributed by atoms with Crippen molar-refractivity contribution in [3.63, 3.8) is 0 Å². The van der Waals surface area contributed by atoms with Crippen molar-refractivity contribution in [1.82, 2.24) is 5.32 Å². The summed E-state index contributed by atoms with van der Waals surface area (Å²) in [6.07, 6.45) is 3.64. The van der Waals surface area contributed by atoms with Gasteiger partial charge in [0, 0.05) is 22.7 Å². The number of hydrogen-bond donors (Lipinski definition) is 3. The lowest BCUT2D eigenvalue weighted by atomic mass is 9.57. The van der Waals surface area contributed by atoms with Gasteiger partial charge < -0.3 is 20.3 Å². The fourth-order valence-corrected chi connectivity index (χ4v) is 5.96. The quantitative estimate of drug-likeness (QED) is 0.505. The summed E-state index contributed by atoms with van der Waals surface area (Å²) in [5.41, 5.74) is -0.589. The predicted octanol–water partition coefficient (Wildman–Crippen LogP) is 3.82. The lowest BCUT2D eigenvalue weighted by molar-refractivity contribution is -0.538. The second kappa shape index (κ2) is 8.03. The zero-order valence-corrected chi connectivity index (χ0v) is 19.3. The molecular formula is C22H28BrNO7. The van der Waals surface area contributed by atoms with Crippen LogP contribution < -0.4 is 5.32 Å². The summed E-state index contributed by atoms with van der Waals surface area (Å²) in [6, 6.07) is 4.23. The molecule has 1 aliphatic carbocycles. The number of carbonyl (C=O) groups excluding carboxylic acids is 1. The summed E-state index contributed by atoms with van der Waals surface area (Å²) in [7, 11) is 0. The minimum Gasteiger partial charge on any atom is -0.507 e. The highest BCUT2D eigenvalue weighted by Gasteiger charge is 2.68. The van der Waals surface area contributed by atoms with Crippen molar-refractivity contribution in [3.8, 4) is 5.75 Å². The van der Waals surface area contributed by atoms with Crippen LogP contribution in [0.25, 0.3) is 0 Å². The number of phenols is 1. The number of nitrogens with one attached hydrogen (secondary N) is 1. The van der Waals surface area contributed by atoms with Gasteiger partial charge in [0.05, 0.1) is 0 Å². The molecule has 4 aliphatic heterocycles. The predicted molar refractivity (Wildman–Crippen MR) is 113 cm³/mol. The van der Waals surface area contributed by atoms with Crippen LogP contribution in [0.15, 0.2) is 22.7 Å². The minimum atomic E-state index is -1.13. The van der Waals surface area contributed by atoms with E-state index in [4.69, 9.17) is 24.7 Å². The van der Waals surface area contributed by atoms with Crippen LogP contribution in [-0.4, -0.2) is 39.7 Å². The maximum Gasteiger partial charge on any atom is 0.339 e. The Morgan fingerprint density at radius 3 is 2.61 bits per heavy atom. The highest BCUT2D eigenvalue weighted by molar-refractivity contribution is 9.10. The van der Waals surface area contributed by atoms with Gasteiger partial charge in [-0.3, -0.25) is 4.79 Å². The maximum atomic E-state index is 12.2. The molecule has 0 aromatic heterocycles. The van der Waals surface area contributed by atoms with Gasteiger partial charge in [-0.2, -0.15) is 0 Å². The highest BCUT2D eigenvalue weighted by Crippen LogP contribution is 2.58. The van der Waals surface area contributed by atoms with E-state index in [1.165, 1.54) is 12.1 Å². The smallest absolute Gasteiger partial charge is 0.339 e. The highest BCUT2D eigenvalue weighted by atomic mass is 79.9. The number of benzene rings is 1. The number of fused-ring (bicyclic) bond motifs is 2.